The summed E-state index contributed by atoms with van der Waals surface area (Å²) in [6.45, 7) is 3.67. The number of sulfone groups is 1. The molecular weight excluding hydrogens is 204 g/mol. The van der Waals surface area contributed by atoms with Crippen LogP contribution in [0.4, 0.5) is 0 Å². The van der Waals surface area contributed by atoms with Crippen molar-refractivity contribution in [2.24, 2.45) is 0 Å². The number of hydrogen-bond acceptors (Lipinski definition) is 4. The third-order valence-corrected chi connectivity index (χ3v) is 2.93. The van der Waals surface area contributed by atoms with E-state index >= 15 is 0 Å². The largest absolute Gasteiger partial charge is 0.353 e. The van der Waals surface area contributed by atoms with E-state index in [1.165, 1.54) is 6.07 Å². The normalized spacial score (nSPS) is 12.9. The van der Waals surface area contributed by atoms with Gasteiger partial charge in [-0.1, -0.05) is 6.92 Å². The molecule has 1 unspecified atom stereocenters. The van der Waals surface area contributed by atoms with Crippen molar-refractivity contribution in [1.82, 2.24) is 5.32 Å². The van der Waals surface area contributed by atoms with Gasteiger partial charge in [0.2, 0.25) is 5.91 Å². The summed E-state index contributed by atoms with van der Waals surface area (Å²) in [5.74, 6) is -1.76. The Hall–Kier alpha value is -1.09. The van der Waals surface area contributed by atoms with Crippen LogP contribution in [0.15, 0.2) is 0 Å². The van der Waals surface area contributed by atoms with Crippen LogP contribution in [0.3, 0.4) is 0 Å². The number of nitrogens with zero attached hydrogens (tertiary/aromatic N) is 1. The predicted octanol–water partition coefficient (Wildman–Crippen LogP) is -0.161. The van der Waals surface area contributed by atoms with Crippen LogP contribution in [-0.4, -0.2) is 31.9 Å². The van der Waals surface area contributed by atoms with Crippen molar-refractivity contribution in [3.05, 3.63) is 0 Å². The van der Waals surface area contributed by atoms with Crippen LogP contribution >= 0.6 is 0 Å². The van der Waals surface area contributed by atoms with Crippen LogP contribution in [-0.2, 0) is 14.6 Å². The van der Waals surface area contributed by atoms with Crippen LogP contribution in [0.5, 0.6) is 0 Å². The lowest BCUT2D eigenvalue weighted by atomic mass is 10.3. The lowest BCUT2D eigenvalue weighted by Gasteiger charge is -2.10. The molecule has 0 saturated heterocycles. The van der Waals surface area contributed by atoms with Gasteiger partial charge < -0.3 is 5.32 Å². The molecule has 0 radical (unpaired) electrons. The molecule has 0 fully saturated rings. The smallest absolute Gasteiger partial charge is 0.235 e. The van der Waals surface area contributed by atoms with Gasteiger partial charge in [0, 0.05) is 6.04 Å². The van der Waals surface area contributed by atoms with E-state index in [1.54, 1.807) is 6.92 Å². The third kappa shape index (κ3) is 5.54. The minimum absolute atomic E-state index is 0.0419. The Morgan fingerprint density at radius 1 is 1.57 bits per heavy atom. The van der Waals surface area contributed by atoms with E-state index in [-0.39, 0.29) is 6.04 Å². The molecule has 6 heteroatoms. The average molecular weight is 218 g/mol. The van der Waals surface area contributed by atoms with Crippen molar-refractivity contribution in [2.75, 3.05) is 11.5 Å². The molecule has 0 aliphatic heterocycles. The van der Waals surface area contributed by atoms with E-state index in [2.05, 4.69) is 5.32 Å². The highest BCUT2D eigenvalue weighted by molar-refractivity contribution is 7.92. The molecule has 0 aromatic heterocycles. The standard InChI is InChI=1S/C8H14N2O3S/c1-3-7(2)10-8(11)6-14(12,13)5-4-9/h7H,3,5-6H2,1-2H3,(H,10,11). The minimum Gasteiger partial charge on any atom is -0.353 e. The number of rotatable bonds is 5. The summed E-state index contributed by atoms with van der Waals surface area (Å²) in [4.78, 5) is 11.1. The molecule has 0 aromatic rings. The molecule has 0 saturated carbocycles. The van der Waals surface area contributed by atoms with Crippen molar-refractivity contribution in [1.29, 1.82) is 5.26 Å². The SMILES string of the molecule is CCC(C)NC(=O)CS(=O)(=O)CC#N. The lowest BCUT2D eigenvalue weighted by Crippen LogP contribution is -2.36. The molecule has 0 aromatic carbocycles. The summed E-state index contributed by atoms with van der Waals surface area (Å²) < 4.78 is 22.1. The predicted molar refractivity (Wildman–Crippen MR) is 52.2 cm³/mol. The molecule has 80 valence electrons. The van der Waals surface area contributed by atoms with Crippen molar-refractivity contribution in [2.45, 2.75) is 26.3 Å². The topological polar surface area (TPSA) is 87.0 Å². The zero-order chi connectivity index (χ0) is 11.2. The first-order valence-electron chi connectivity index (χ1n) is 4.28. The van der Waals surface area contributed by atoms with Crippen molar-refractivity contribution in [3.8, 4) is 6.07 Å². The van der Waals surface area contributed by atoms with Gasteiger partial charge in [0.05, 0.1) is 6.07 Å². The van der Waals surface area contributed by atoms with Crippen molar-refractivity contribution in [3.63, 3.8) is 0 Å². The first-order chi connectivity index (χ1) is 6.41. The second-order valence-electron chi connectivity index (χ2n) is 3.07. The van der Waals surface area contributed by atoms with Gasteiger partial charge in [-0.15, -0.1) is 0 Å². The fourth-order valence-corrected chi connectivity index (χ4v) is 1.55. The van der Waals surface area contributed by atoms with Gasteiger partial charge in [-0.2, -0.15) is 5.26 Å². The average Bonchev–Trinajstić information content (AvgIpc) is 2.02. The lowest BCUT2D eigenvalue weighted by molar-refractivity contribution is -0.119. The second-order valence-corrected chi connectivity index (χ2v) is 5.13. The maximum absolute atomic E-state index is 11.1. The van der Waals surface area contributed by atoms with Crippen LogP contribution in [0.2, 0.25) is 0 Å². The van der Waals surface area contributed by atoms with Gasteiger partial charge in [0.1, 0.15) is 11.5 Å². The highest BCUT2D eigenvalue weighted by Gasteiger charge is 2.16. The fraction of sp³-hybridized carbons (Fsp3) is 0.750. The maximum Gasteiger partial charge on any atom is 0.235 e. The Kier molecular flexibility index (Phi) is 5.16. The second kappa shape index (κ2) is 5.60. The molecule has 0 aliphatic rings. The third-order valence-electron chi connectivity index (χ3n) is 1.66. The van der Waals surface area contributed by atoms with E-state index in [9.17, 15) is 13.2 Å². The molecular formula is C8H14N2O3S. The molecule has 0 heterocycles. The monoisotopic (exact) mass is 218 g/mol. The zero-order valence-corrected chi connectivity index (χ0v) is 9.10. The number of nitrogens with one attached hydrogen (secondary N) is 1. The van der Waals surface area contributed by atoms with E-state index < -0.39 is 27.3 Å². The summed E-state index contributed by atoms with van der Waals surface area (Å²) in [5.41, 5.74) is 0. The maximum atomic E-state index is 11.1. The molecule has 14 heavy (non-hydrogen) atoms. The number of hydrogen-bond donors (Lipinski definition) is 1. The number of carbonyl (C=O) groups is 1. The molecule has 5 nitrogen and oxygen atoms in total. The van der Waals surface area contributed by atoms with Crippen LogP contribution in [0.1, 0.15) is 20.3 Å². The first-order valence-corrected chi connectivity index (χ1v) is 6.10. The van der Waals surface area contributed by atoms with Gasteiger partial charge in [0.25, 0.3) is 0 Å². The van der Waals surface area contributed by atoms with Crippen LogP contribution in [0.25, 0.3) is 0 Å². The summed E-state index contributed by atoms with van der Waals surface area (Å²) in [7, 11) is -3.56. The summed E-state index contributed by atoms with van der Waals surface area (Å²) in [6.07, 6.45) is 0.740. The highest BCUT2D eigenvalue weighted by Crippen LogP contribution is 1.92. The zero-order valence-electron chi connectivity index (χ0n) is 8.28. The molecule has 0 bridgehead atoms. The molecule has 1 atom stereocenters. The number of amides is 1. The Balaban J connectivity index is 4.15. The van der Waals surface area contributed by atoms with Crippen molar-refractivity contribution >= 4 is 15.7 Å². The molecule has 0 aliphatic carbocycles. The highest BCUT2D eigenvalue weighted by atomic mass is 32.2. The molecule has 1 amide bonds. The summed E-state index contributed by atoms with van der Waals surface area (Å²) in [5, 5.41) is 10.7. The van der Waals surface area contributed by atoms with E-state index in [1.807, 2.05) is 6.92 Å². The van der Waals surface area contributed by atoms with E-state index in [0.717, 1.165) is 6.42 Å². The fourth-order valence-electron chi connectivity index (χ4n) is 0.768. The van der Waals surface area contributed by atoms with Gasteiger partial charge >= 0.3 is 0 Å². The Bertz CT molecular complexity index is 329. The Morgan fingerprint density at radius 2 is 2.14 bits per heavy atom. The Morgan fingerprint density at radius 3 is 2.57 bits per heavy atom. The van der Waals surface area contributed by atoms with E-state index in [0.29, 0.717) is 0 Å². The first kappa shape index (κ1) is 12.9. The van der Waals surface area contributed by atoms with Crippen LogP contribution < -0.4 is 5.32 Å². The van der Waals surface area contributed by atoms with Gasteiger partial charge in [-0.05, 0) is 13.3 Å². The van der Waals surface area contributed by atoms with Gasteiger partial charge in [-0.3, -0.25) is 4.79 Å². The minimum atomic E-state index is -3.56. The number of carbonyl (C=O) groups excluding carboxylic acids is 1. The summed E-state index contributed by atoms with van der Waals surface area (Å²) >= 11 is 0. The van der Waals surface area contributed by atoms with Gasteiger partial charge in [-0.25, -0.2) is 8.42 Å². The molecule has 0 rings (SSSR count). The van der Waals surface area contributed by atoms with E-state index in [4.69, 9.17) is 5.26 Å². The quantitative estimate of drug-likeness (QED) is 0.694. The molecule has 0 spiro atoms. The summed E-state index contributed by atoms with van der Waals surface area (Å²) in [6, 6.07) is 1.47. The van der Waals surface area contributed by atoms with Crippen LogP contribution in [0, 0.1) is 11.3 Å². The number of nitriles is 1. The van der Waals surface area contributed by atoms with Gasteiger partial charge in [0.15, 0.2) is 9.84 Å². The van der Waals surface area contributed by atoms with Crippen molar-refractivity contribution < 1.29 is 13.2 Å². The Labute approximate surface area is 84.0 Å². The molecule has 1 N–H and O–H groups in total.